The molecular weight excluding hydrogens is 308 g/mol. The van der Waals surface area contributed by atoms with Crippen molar-refractivity contribution in [1.82, 2.24) is 14.8 Å². The minimum atomic E-state index is -0.0615. The fraction of sp³-hybridized carbons (Fsp3) is 0.353. The molecule has 0 aliphatic heterocycles. The first kappa shape index (κ1) is 15.7. The summed E-state index contributed by atoms with van der Waals surface area (Å²) >= 11 is 1.45. The van der Waals surface area contributed by atoms with Crippen LogP contribution < -0.4 is 5.32 Å². The van der Waals surface area contributed by atoms with Crippen molar-refractivity contribution in [2.24, 2.45) is 13.0 Å². The van der Waals surface area contributed by atoms with E-state index in [0.717, 1.165) is 27.9 Å². The highest BCUT2D eigenvalue weighted by Gasteiger charge is 2.13. The second kappa shape index (κ2) is 6.50. The molecule has 2 aromatic heterocycles. The third-order valence-corrected chi connectivity index (χ3v) is 4.49. The highest BCUT2D eigenvalue weighted by atomic mass is 32.1. The lowest BCUT2D eigenvalue weighted by molar-refractivity contribution is -0.115. The summed E-state index contributed by atoms with van der Waals surface area (Å²) in [4.78, 5) is 12.3. The molecule has 3 aromatic rings. The van der Waals surface area contributed by atoms with Crippen molar-refractivity contribution in [2.45, 2.75) is 26.7 Å². The van der Waals surface area contributed by atoms with Crippen LogP contribution in [0.3, 0.4) is 0 Å². The van der Waals surface area contributed by atoms with Crippen LogP contribution in [0.25, 0.3) is 10.9 Å². The number of aromatic nitrogens is 3. The molecule has 1 N–H and O–H groups in total. The standard InChI is InChI=1S/C17H20N4OS/c1-11(2)8-16-19-20-17(23-16)18-15(22)9-12-10-21(3)14-7-5-4-6-13(12)14/h4-7,10-11H,8-9H2,1-3H3,(H,18,20,22). The molecule has 1 amide bonds. The van der Waals surface area contributed by atoms with Gasteiger partial charge in [0.2, 0.25) is 11.0 Å². The van der Waals surface area contributed by atoms with Crippen LogP contribution in [0.5, 0.6) is 0 Å². The molecule has 0 aliphatic carbocycles. The van der Waals surface area contributed by atoms with Gasteiger partial charge >= 0.3 is 0 Å². The fourth-order valence-corrected chi connectivity index (χ4v) is 3.61. The minimum Gasteiger partial charge on any atom is -0.350 e. The number of para-hydroxylation sites is 1. The smallest absolute Gasteiger partial charge is 0.230 e. The quantitative estimate of drug-likeness (QED) is 0.781. The lowest BCUT2D eigenvalue weighted by Crippen LogP contribution is -2.14. The summed E-state index contributed by atoms with van der Waals surface area (Å²) in [5.41, 5.74) is 2.15. The maximum absolute atomic E-state index is 12.3. The topological polar surface area (TPSA) is 59.8 Å². The second-order valence-corrected chi connectivity index (χ2v) is 7.17. The molecule has 1 aromatic carbocycles. The van der Waals surface area contributed by atoms with Crippen molar-refractivity contribution < 1.29 is 4.79 Å². The number of amides is 1. The number of nitrogens with zero attached hydrogens (tertiary/aromatic N) is 3. The number of benzene rings is 1. The van der Waals surface area contributed by atoms with Gasteiger partial charge < -0.3 is 9.88 Å². The largest absolute Gasteiger partial charge is 0.350 e. The highest BCUT2D eigenvalue weighted by molar-refractivity contribution is 7.15. The summed E-state index contributed by atoms with van der Waals surface area (Å²) in [5, 5.41) is 13.7. The molecule has 0 radical (unpaired) electrons. The van der Waals surface area contributed by atoms with Gasteiger partial charge in [-0.1, -0.05) is 43.4 Å². The van der Waals surface area contributed by atoms with Crippen LogP contribution in [0, 0.1) is 5.92 Å². The van der Waals surface area contributed by atoms with Crippen molar-refractivity contribution in [1.29, 1.82) is 0 Å². The second-order valence-electron chi connectivity index (χ2n) is 6.11. The zero-order chi connectivity index (χ0) is 16.4. The number of fused-ring (bicyclic) bond motifs is 1. The van der Waals surface area contributed by atoms with Gasteiger partial charge in [-0.25, -0.2) is 0 Å². The number of anilines is 1. The number of rotatable bonds is 5. The Labute approximate surface area is 139 Å². The Kier molecular flexibility index (Phi) is 4.43. The van der Waals surface area contributed by atoms with E-state index >= 15 is 0 Å². The molecule has 120 valence electrons. The molecule has 23 heavy (non-hydrogen) atoms. The van der Waals surface area contributed by atoms with Crippen molar-refractivity contribution in [3.05, 3.63) is 41.0 Å². The number of hydrogen-bond acceptors (Lipinski definition) is 4. The molecule has 5 nitrogen and oxygen atoms in total. The zero-order valence-corrected chi connectivity index (χ0v) is 14.4. The van der Waals surface area contributed by atoms with Crippen LogP contribution in [-0.4, -0.2) is 20.7 Å². The van der Waals surface area contributed by atoms with Crippen LogP contribution in [0.4, 0.5) is 5.13 Å². The van der Waals surface area contributed by atoms with Crippen molar-refractivity contribution in [2.75, 3.05) is 5.32 Å². The van der Waals surface area contributed by atoms with E-state index in [2.05, 4.69) is 35.4 Å². The number of carbonyl (C=O) groups is 1. The first-order valence-electron chi connectivity index (χ1n) is 7.68. The van der Waals surface area contributed by atoms with E-state index in [9.17, 15) is 4.79 Å². The van der Waals surface area contributed by atoms with Crippen LogP contribution >= 0.6 is 11.3 Å². The van der Waals surface area contributed by atoms with E-state index in [1.807, 2.05) is 36.0 Å². The third kappa shape index (κ3) is 3.59. The Bertz CT molecular complexity index is 834. The van der Waals surface area contributed by atoms with Gasteiger partial charge in [-0.3, -0.25) is 4.79 Å². The molecule has 2 heterocycles. The maximum Gasteiger partial charge on any atom is 0.230 e. The number of aryl methyl sites for hydroxylation is 1. The summed E-state index contributed by atoms with van der Waals surface area (Å²) in [6.07, 6.45) is 3.23. The first-order chi connectivity index (χ1) is 11.0. The minimum absolute atomic E-state index is 0.0615. The van der Waals surface area contributed by atoms with Gasteiger partial charge in [-0.05, 0) is 17.5 Å². The normalized spacial score (nSPS) is 11.3. The highest BCUT2D eigenvalue weighted by Crippen LogP contribution is 2.22. The Hall–Kier alpha value is -2.21. The predicted molar refractivity (Wildman–Crippen MR) is 93.7 cm³/mol. The molecule has 0 saturated heterocycles. The van der Waals surface area contributed by atoms with Crippen molar-refractivity contribution >= 4 is 33.3 Å². The average molecular weight is 328 g/mol. The van der Waals surface area contributed by atoms with Gasteiger partial charge in [0, 0.05) is 30.6 Å². The zero-order valence-electron chi connectivity index (χ0n) is 13.5. The van der Waals surface area contributed by atoms with E-state index in [0.29, 0.717) is 17.5 Å². The molecule has 0 spiro atoms. The summed E-state index contributed by atoms with van der Waals surface area (Å²) in [6.45, 7) is 4.28. The van der Waals surface area contributed by atoms with Gasteiger partial charge in [0.25, 0.3) is 0 Å². The summed E-state index contributed by atoms with van der Waals surface area (Å²) in [7, 11) is 1.99. The summed E-state index contributed by atoms with van der Waals surface area (Å²) < 4.78 is 2.05. The summed E-state index contributed by atoms with van der Waals surface area (Å²) in [6, 6.07) is 8.10. The van der Waals surface area contributed by atoms with E-state index in [-0.39, 0.29) is 5.91 Å². The molecule has 6 heteroatoms. The molecule has 0 fully saturated rings. The average Bonchev–Trinajstić information content (AvgIpc) is 3.04. The van der Waals surface area contributed by atoms with E-state index in [1.165, 1.54) is 11.3 Å². The molecule has 0 aliphatic rings. The molecule has 0 unspecified atom stereocenters. The van der Waals surface area contributed by atoms with Crippen LogP contribution in [0.2, 0.25) is 0 Å². The molecule has 0 saturated carbocycles. The van der Waals surface area contributed by atoms with Crippen LogP contribution in [0.15, 0.2) is 30.5 Å². The predicted octanol–water partition coefficient (Wildman–Crippen LogP) is 3.41. The first-order valence-corrected chi connectivity index (χ1v) is 8.49. The van der Waals surface area contributed by atoms with E-state index in [1.54, 1.807) is 0 Å². The van der Waals surface area contributed by atoms with Gasteiger partial charge in [0.15, 0.2) is 0 Å². The lowest BCUT2D eigenvalue weighted by atomic mass is 10.1. The van der Waals surface area contributed by atoms with Gasteiger partial charge in [0.05, 0.1) is 6.42 Å². The SMILES string of the molecule is CC(C)Cc1nnc(NC(=O)Cc2cn(C)c3ccccc23)s1. The van der Waals surface area contributed by atoms with Crippen molar-refractivity contribution in [3.8, 4) is 0 Å². The maximum atomic E-state index is 12.3. The Morgan fingerprint density at radius 1 is 1.30 bits per heavy atom. The van der Waals surface area contributed by atoms with Crippen LogP contribution in [-0.2, 0) is 24.7 Å². The van der Waals surface area contributed by atoms with E-state index < -0.39 is 0 Å². The lowest BCUT2D eigenvalue weighted by Gasteiger charge is -2.00. The Balaban J connectivity index is 1.70. The number of carbonyl (C=O) groups excluding carboxylic acids is 1. The monoisotopic (exact) mass is 328 g/mol. The molecule has 0 bridgehead atoms. The Morgan fingerprint density at radius 3 is 2.87 bits per heavy atom. The third-order valence-electron chi connectivity index (χ3n) is 3.63. The molecular formula is C17H20N4OS. The number of nitrogens with one attached hydrogen (secondary N) is 1. The van der Waals surface area contributed by atoms with Gasteiger partial charge in [-0.15, -0.1) is 10.2 Å². The fourth-order valence-electron chi connectivity index (χ4n) is 2.64. The van der Waals surface area contributed by atoms with Gasteiger partial charge in [0.1, 0.15) is 5.01 Å². The Morgan fingerprint density at radius 2 is 2.09 bits per heavy atom. The van der Waals surface area contributed by atoms with Crippen molar-refractivity contribution in [3.63, 3.8) is 0 Å². The summed E-state index contributed by atoms with van der Waals surface area (Å²) in [5.74, 6) is 0.468. The van der Waals surface area contributed by atoms with E-state index in [4.69, 9.17) is 0 Å². The number of hydrogen-bond donors (Lipinski definition) is 1. The van der Waals surface area contributed by atoms with Crippen LogP contribution in [0.1, 0.15) is 24.4 Å². The molecule has 3 rings (SSSR count). The molecule has 0 atom stereocenters. The van der Waals surface area contributed by atoms with Gasteiger partial charge in [-0.2, -0.15) is 0 Å².